The average Bonchev–Trinajstić information content (AvgIpc) is 3.05. The molecular formula is C19H17BrN2O2S. The Morgan fingerprint density at radius 2 is 2.32 bits per heavy atom. The Morgan fingerprint density at radius 3 is 3.12 bits per heavy atom. The molecule has 0 saturated heterocycles. The van der Waals surface area contributed by atoms with Gasteiger partial charge in [-0.25, -0.2) is 4.98 Å². The molecule has 1 aliphatic heterocycles. The number of hydrogen-bond donors (Lipinski definition) is 1. The van der Waals surface area contributed by atoms with Gasteiger partial charge in [0, 0.05) is 26.1 Å². The van der Waals surface area contributed by atoms with Crippen LogP contribution in [0.15, 0.2) is 70.5 Å². The number of hydrogen-bond acceptors (Lipinski definition) is 5. The summed E-state index contributed by atoms with van der Waals surface area (Å²) in [5.74, 6) is 1.60. The predicted octanol–water partition coefficient (Wildman–Crippen LogP) is 5.87. The monoisotopic (exact) mass is 416 g/mol. The van der Waals surface area contributed by atoms with E-state index >= 15 is 0 Å². The molecule has 0 spiro atoms. The minimum Gasteiger partial charge on any atom is -0.466 e. The molecule has 2 aliphatic rings. The number of nitrogens with one attached hydrogen (secondary N) is 1. The lowest BCUT2D eigenvalue weighted by atomic mass is 9.97. The molecule has 1 N–H and O–H groups in total. The third-order valence-corrected chi connectivity index (χ3v) is 6.06. The van der Waals surface area contributed by atoms with Crippen LogP contribution in [0.3, 0.4) is 0 Å². The molecule has 1 aliphatic carbocycles. The van der Waals surface area contributed by atoms with Crippen molar-refractivity contribution in [2.24, 2.45) is 0 Å². The average molecular weight is 417 g/mol. The van der Waals surface area contributed by atoms with Gasteiger partial charge in [0.05, 0.1) is 6.04 Å². The van der Waals surface area contributed by atoms with Crippen LogP contribution >= 0.6 is 27.3 Å². The van der Waals surface area contributed by atoms with Gasteiger partial charge in [-0.2, -0.15) is 0 Å². The van der Waals surface area contributed by atoms with Crippen molar-refractivity contribution in [1.82, 2.24) is 4.98 Å². The Kier molecular flexibility index (Phi) is 4.90. The van der Waals surface area contributed by atoms with E-state index in [4.69, 9.17) is 9.47 Å². The summed E-state index contributed by atoms with van der Waals surface area (Å²) >= 11 is 5.33. The number of thiophene rings is 1. The fourth-order valence-corrected chi connectivity index (χ4v) is 4.59. The van der Waals surface area contributed by atoms with E-state index in [0.29, 0.717) is 0 Å². The lowest BCUT2D eigenvalue weighted by Gasteiger charge is -2.24. The lowest BCUT2D eigenvalue weighted by molar-refractivity contribution is 0.240. The zero-order valence-electron chi connectivity index (χ0n) is 13.4. The second-order valence-electron chi connectivity index (χ2n) is 5.86. The molecule has 2 aromatic rings. The van der Waals surface area contributed by atoms with E-state index in [1.54, 1.807) is 23.9 Å². The van der Waals surface area contributed by atoms with Crippen molar-refractivity contribution in [1.29, 1.82) is 0 Å². The van der Waals surface area contributed by atoms with Crippen molar-refractivity contribution in [2.45, 2.75) is 25.3 Å². The second kappa shape index (κ2) is 7.45. The van der Waals surface area contributed by atoms with E-state index < -0.39 is 0 Å². The summed E-state index contributed by atoms with van der Waals surface area (Å²) in [5, 5.41) is 6.75. The molecule has 0 saturated carbocycles. The highest BCUT2D eigenvalue weighted by Gasteiger charge is 2.22. The number of anilines is 1. The normalized spacial score (nSPS) is 17.5. The Bertz CT molecular complexity index is 898. The molecule has 0 amide bonds. The van der Waals surface area contributed by atoms with Gasteiger partial charge in [-0.1, -0.05) is 23.8 Å². The Balaban J connectivity index is 1.65. The largest absolute Gasteiger partial charge is 0.466 e. The number of rotatable bonds is 5. The van der Waals surface area contributed by atoms with E-state index in [9.17, 15) is 0 Å². The van der Waals surface area contributed by atoms with Gasteiger partial charge in [0.1, 0.15) is 24.6 Å². The third-order valence-electron chi connectivity index (χ3n) is 4.18. The first-order valence-electron chi connectivity index (χ1n) is 8.11. The standard InChI is InChI=1S/C19H17BrN2O2S/c20-14-12-25-17-6-7-21-19(18(14)17)22-15(16-11-23-8-9-24-16)10-13-4-2-1-3-5-13/h1-2,4,6-9,11-12,15H,3,5,10H2,(H,21,22). The highest BCUT2D eigenvalue weighted by molar-refractivity contribution is 9.10. The van der Waals surface area contributed by atoms with Gasteiger partial charge in [-0.05, 0) is 41.3 Å². The fraction of sp³-hybridized carbons (Fsp3) is 0.211. The number of halogens is 1. The van der Waals surface area contributed by atoms with E-state index in [2.05, 4.69) is 49.8 Å². The van der Waals surface area contributed by atoms with Crippen LogP contribution in [0.4, 0.5) is 5.82 Å². The predicted molar refractivity (Wildman–Crippen MR) is 105 cm³/mol. The van der Waals surface area contributed by atoms with E-state index in [-0.39, 0.29) is 6.04 Å². The minimum absolute atomic E-state index is 0.0485. The van der Waals surface area contributed by atoms with E-state index in [0.717, 1.165) is 40.7 Å². The van der Waals surface area contributed by atoms with Gasteiger partial charge < -0.3 is 14.8 Å². The zero-order chi connectivity index (χ0) is 17.1. The SMILES string of the molecule is Brc1csc2ccnc(NC(CC3=CC=CCC3)C3=COC=CO3)c12. The Hall–Kier alpha value is -2.05. The van der Waals surface area contributed by atoms with Crippen molar-refractivity contribution >= 4 is 43.2 Å². The molecule has 0 aromatic carbocycles. The number of nitrogens with zero attached hydrogens (tertiary/aromatic N) is 1. The molecular weight excluding hydrogens is 400 g/mol. The van der Waals surface area contributed by atoms with Crippen LogP contribution in [-0.4, -0.2) is 11.0 Å². The van der Waals surface area contributed by atoms with Crippen LogP contribution in [0, 0.1) is 0 Å². The van der Waals surface area contributed by atoms with Gasteiger partial charge in [0.15, 0.2) is 5.76 Å². The number of pyridine rings is 1. The molecule has 4 rings (SSSR count). The first-order valence-corrected chi connectivity index (χ1v) is 9.78. The van der Waals surface area contributed by atoms with Crippen LogP contribution in [0.1, 0.15) is 19.3 Å². The number of fused-ring (bicyclic) bond motifs is 1. The smallest absolute Gasteiger partial charge is 0.161 e. The van der Waals surface area contributed by atoms with Crippen LogP contribution in [-0.2, 0) is 9.47 Å². The third kappa shape index (κ3) is 3.65. The first-order chi connectivity index (χ1) is 12.3. The quantitative estimate of drug-likeness (QED) is 0.661. The maximum absolute atomic E-state index is 5.69. The topological polar surface area (TPSA) is 43.4 Å². The molecule has 1 atom stereocenters. The number of allylic oxidation sites excluding steroid dienone is 3. The summed E-state index contributed by atoms with van der Waals surface area (Å²) < 4.78 is 13.3. The Labute approximate surface area is 158 Å². The summed E-state index contributed by atoms with van der Waals surface area (Å²) in [6.45, 7) is 0. The van der Waals surface area contributed by atoms with Crippen molar-refractivity contribution < 1.29 is 9.47 Å². The van der Waals surface area contributed by atoms with Crippen LogP contribution in [0.5, 0.6) is 0 Å². The van der Waals surface area contributed by atoms with Crippen molar-refractivity contribution in [2.75, 3.05) is 5.32 Å². The number of aromatic nitrogens is 1. The van der Waals surface area contributed by atoms with E-state index in [1.165, 1.54) is 16.5 Å². The highest BCUT2D eigenvalue weighted by Crippen LogP contribution is 2.35. The lowest BCUT2D eigenvalue weighted by Crippen LogP contribution is -2.25. The summed E-state index contributed by atoms with van der Waals surface area (Å²) in [5.41, 5.74) is 1.38. The molecule has 2 aromatic heterocycles. The van der Waals surface area contributed by atoms with Crippen LogP contribution in [0.2, 0.25) is 0 Å². The van der Waals surface area contributed by atoms with Crippen molar-refractivity contribution in [3.63, 3.8) is 0 Å². The summed E-state index contributed by atoms with van der Waals surface area (Å²) in [7, 11) is 0. The highest BCUT2D eigenvalue weighted by atomic mass is 79.9. The van der Waals surface area contributed by atoms with Crippen LogP contribution in [0.25, 0.3) is 10.1 Å². The molecule has 3 heterocycles. The van der Waals surface area contributed by atoms with Gasteiger partial charge in [0.2, 0.25) is 0 Å². The molecule has 128 valence electrons. The minimum atomic E-state index is -0.0485. The fourth-order valence-electron chi connectivity index (χ4n) is 2.97. The molecule has 6 heteroatoms. The molecule has 1 unspecified atom stereocenters. The molecule has 0 bridgehead atoms. The molecule has 0 radical (unpaired) electrons. The molecule has 4 nitrogen and oxygen atoms in total. The number of ether oxygens (including phenoxy) is 2. The van der Waals surface area contributed by atoms with Gasteiger partial charge in [-0.3, -0.25) is 0 Å². The summed E-state index contributed by atoms with van der Waals surface area (Å²) in [6.07, 6.45) is 16.1. The Morgan fingerprint density at radius 1 is 1.36 bits per heavy atom. The summed E-state index contributed by atoms with van der Waals surface area (Å²) in [6, 6.07) is 1.98. The summed E-state index contributed by atoms with van der Waals surface area (Å²) in [4.78, 5) is 4.56. The second-order valence-corrected chi connectivity index (χ2v) is 7.62. The maximum Gasteiger partial charge on any atom is 0.161 e. The van der Waals surface area contributed by atoms with Crippen LogP contribution < -0.4 is 5.32 Å². The van der Waals surface area contributed by atoms with Gasteiger partial charge >= 0.3 is 0 Å². The molecule has 0 fully saturated rings. The van der Waals surface area contributed by atoms with Gasteiger partial charge in [0.25, 0.3) is 0 Å². The van der Waals surface area contributed by atoms with E-state index in [1.807, 2.05) is 12.3 Å². The van der Waals surface area contributed by atoms with Crippen molar-refractivity contribution in [3.8, 4) is 0 Å². The maximum atomic E-state index is 5.69. The first kappa shape index (κ1) is 16.4. The molecule has 25 heavy (non-hydrogen) atoms. The van der Waals surface area contributed by atoms with Gasteiger partial charge in [-0.15, -0.1) is 11.3 Å². The van der Waals surface area contributed by atoms with Crippen molar-refractivity contribution in [3.05, 3.63) is 70.5 Å². The zero-order valence-corrected chi connectivity index (χ0v) is 15.8.